The number of rotatable bonds is 5. The molecular weight excluding hydrogens is 352 g/mol. The van der Waals surface area contributed by atoms with E-state index in [1.54, 1.807) is 18.4 Å². The molecule has 0 fully saturated rings. The van der Waals surface area contributed by atoms with Crippen molar-refractivity contribution in [1.29, 1.82) is 0 Å². The van der Waals surface area contributed by atoms with E-state index >= 15 is 0 Å². The molecule has 3 rings (SSSR count). The minimum absolute atomic E-state index is 0.0445. The number of hydrogen-bond donors (Lipinski definition) is 2. The molecule has 0 aliphatic rings. The highest BCUT2D eigenvalue weighted by molar-refractivity contribution is 7.89. The molecule has 3 aromatic rings. The Morgan fingerprint density at radius 1 is 1.12 bits per heavy atom. The summed E-state index contributed by atoms with van der Waals surface area (Å²) in [5.74, 6) is -0.138. The SMILES string of the molecule is Cc1ccc2c(CC(=O)NCc3ccc(S(N)(=O)=O)cc3)coc2c1C. The van der Waals surface area contributed by atoms with Crippen molar-refractivity contribution in [3.63, 3.8) is 0 Å². The van der Waals surface area contributed by atoms with Crippen LogP contribution >= 0.6 is 0 Å². The predicted octanol–water partition coefficient (Wildman–Crippen LogP) is 2.56. The molecule has 0 aliphatic carbocycles. The predicted molar refractivity (Wildman–Crippen MR) is 99.1 cm³/mol. The topological polar surface area (TPSA) is 102 Å². The number of carbonyl (C=O) groups excluding carboxylic acids is 1. The van der Waals surface area contributed by atoms with Crippen molar-refractivity contribution < 1.29 is 17.6 Å². The van der Waals surface area contributed by atoms with Crippen molar-refractivity contribution in [2.75, 3.05) is 0 Å². The maximum atomic E-state index is 12.2. The third-order valence-corrected chi connectivity index (χ3v) is 5.36. The molecule has 0 atom stereocenters. The number of furan rings is 1. The van der Waals surface area contributed by atoms with Gasteiger partial charge in [-0.15, -0.1) is 0 Å². The zero-order valence-corrected chi connectivity index (χ0v) is 15.4. The van der Waals surface area contributed by atoms with E-state index in [4.69, 9.17) is 9.56 Å². The van der Waals surface area contributed by atoms with Crippen LogP contribution in [0.2, 0.25) is 0 Å². The second kappa shape index (κ2) is 6.93. The highest BCUT2D eigenvalue weighted by Crippen LogP contribution is 2.26. The van der Waals surface area contributed by atoms with Gasteiger partial charge in [0.25, 0.3) is 0 Å². The quantitative estimate of drug-likeness (QED) is 0.718. The minimum Gasteiger partial charge on any atom is -0.464 e. The summed E-state index contributed by atoms with van der Waals surface area (Å²) in [6, 6.07) is 10.1. The number of hydrogen-bond acceptors (Lipinski definition) is 4. The van der Waals surface area contributed by atoms with Crippen LogP contribution in [-0.4, -0.2) is 14.3 Å². The lowest BCUT2D eigenvalue weighted by Crippen LogP contribution is -2.24. The normalized spacial score (nSPS) is 11.7. The number of fused-ring (bicyclic) bond motifs is 1. The van der Waals surface area contributed by atoms with Gasteiger partial charge in [-0.3, -0.25) is 4.79 Å². The van der Waals surface area contributed by atoms with Crippen LogP contribution in [0.25, 0.3) is 11.0 Å². The van der Waals surface area contributed by atoms with Crippen LogP contribution in [-0.2, 0) is 27.8 Å². The summed E-state index contributed by atoms with van der Waals surface area (Å²) in [5, 5.41) is 8.83. The second-order valence-electron chi connectivity index (χ2n) is 6.29. The molecule has 0 aliphatic heterocycles. The van der Waals surface area contributed by atoms with Crippen LogP contribution in [0.1, 0.15) is 22.3 Å². The molecular formula is C19H20N2O4S. The van der Waals surface area contributed by atoms with Crippen molar-refractivity contribution in [3.8, 4) is 0 Å². The molecule has 0 unspecified atom stereocenters. The Labute approximate surface area is 152 Å². The summed E-state index contributed by atoms with van der Waals surface area (Å²) in [7, 11) is -3.71. The van der Waals surface area contributed by atoms with Crippen LogP contribution in [0.3, 0.4) is 0 Å². The van der Waals surface area contributed by atoms with E-state index in [2.05, 4.69) is 5.32 Å². The molecule has 1 heterocycles. The maximum absolute atomic E-state index is 12.2. The zero-order chi connectivity index (χ0) is 18.9. The Hall–Kier alpha value is -2.64. The summed E-state index contributed by atoms with van der Waals surface area (Å²) in [4.78, 5) is 12.3. The highest BCUT2D eigenvalue weighted by atomic mass is 32.2. The monoisotopic (exact) mass is 372 g/mol. The zero-order valence-electron chi connectivity index (χ0n) is 14.6. The number of sulfonamides is 1. The third-order valence-electron chi connectivity index (χ3n) is 4.43. The van der Waals surface area contributed by atoms with Gasteiger partial charge < -0.3 is 9.73 Å². The first-order valence-corrected chi connectivity index (χ1v) is 9.65. The summed E-state index contributed by atoms with van der Waals surface area (Å²) in [6.45, 7) is 4.32. The first-order chi connectivity index (χ1) is 12.3. The average molecular weight is 372 g/mol. The first-order valence-electron chi connectivity index (χ1n) is 8.10. The van der Waals surface area contributed by atoms with E-state index in [1.807, 2.05) is 26.0 Å². The first kappa shape index (κ1) is 18.2. The van der Waals surface area contributed by atoms with Gasteiger partial charge in [0.1, 0.15) is 5.58 Å². The molecule has 1 amide bonds. The number of primary sulfonamides is 1. The van der Waals surface area contributed by atoms with Gasteiger partial charge in [-0.1, -0.05) is 24.3 Å². The minimum atomic E-state index is -3.71. The molecule has 0 radical (unpaired) electrons. The van der Waals surface area contributed by atoms with E-state index in [9.17, 15) is 13.2 Å². The number of benzene rings is 2. The lowest BCUT2D eigenvalue weighted by atomic mass is 10.0. The van der Waals surface area contributed by atoms with Crippen molar-refractivity contribution in [1.82, 2.24) is 5.32 Å². The lowest BCUT2D eigenvalue weighted by molar-refractivity contribution is -0.120. The fraction of sp³-hybridized carbons (Fsp3) is 0.211. The molecule has 3 N–H and O–H groups in total. The fourth-order valence-electron chi connectivity index (χ4n) is 2.76. The maximum Gasteiger partial charge on any atom is 0.238 e. The Kier molecular flexibility index (Phi) is 4.84. The summed E-state index contributed by atoms with van der Waals surface area (Å²) in [5.41, 5.74) is 4.65. The van der Waals surface area contributed by atoms with E-state index in [1.165, 1.54) is 12.1 Å². The molecule has 6 nitrogen and oxygen atoms in total. The standard InChI is InChI=1S/C19H20N2O4S/c1-12-3-8-17-15(11-25-19(17)13(12)2)9-18(22)21-10-14-4-6-16(7-5-14)26(20,23)24/h3-8,11H,9-10H2,1-2H3,(H,21,22)(H2,20,23,24). The number of nitrogens with one attached hydrogen (secondary N) is 1. The van der Waals surface area contributed by atoms with Crippen molar-refractivity contribution in [2.45, 2.75) is 31.7 Å². The van der Waals surface area contributed by atoms with Gasteiger partial charge in [-0.25, -0.2) is 13.6 Å². The Bertz CT molecular complexity index is 1070. The van der Waals surface area contributed by atoms with Gasteiger partial charge in [-0.2, -0.15) is 0 Å². The number of carbonyl (C=O) groups is 1. The summed E-state index contributed by atoms with van der Waals surface area (Å²) < 4.78 is 28.1. The Morgan fingerprint density at radius 2 is 1.81 bits per heavy atom. The van der Waals surface area contributed by atoms with Gasteiger partial charge in [0.15, 0.2) is 0 Å². The highest BCUT2D eigenvalue weighted by Gasteiger charge is 2.13. The number of amides is 1. The largest absolute Gasteiger partial charge is 0.464 e. The Balaban J connectivity index is 1.65. The molecule has 0 saturated carbocycles. The van der Waals surface area contributed by atoms with Gasteiger partial charge in [0, 0.05) is 17.5 Å². The number of nitrogens with two attached hydrogens (primary N) is 1. The van der Waals surface area contributed by atoms with Crippen LogP contribution in [0, 0.1) is 13.8 Å². The van der Waals surface area contributed by atoms with Gasteiger partial charge in [0.05, 0.1) is 17.6 Å². The van der Waals surface area contributed by atoms with Crippen LogP contribution in [0.15, 0.2) is 52.0 Å². The van der Waals surface area contributed by atoms with Crippen molar-refractivity contribution in [2.24, 2.45) is 5.14 Å². The van der Waals surface area contributed by atoms with Gasteiger partial charge >= 0.3 is 0 Å². The fourth-order valence-corrected chi connectivity index (χ4v) is 3.27. The molecule has 2 aromatic carbocycles. The van der Waals surface area contributed by atoms with Gasteiger partial charge in [0.2, 0.25) is 15.9 Å². The smallest absolute Gasteiger partial charge is 0.238 e. The molecule has 0 bridgehead atoms. The van der Waals surface area contributed by atoms with Crippen LogP contribution in [0.5, 0.6) is 0 Å². The van der Waals surface area contributed by atoms with Crippen LogP contribution in [0.4, 0.5) is 0 Å². The van der Waals surface area contributed by atoms with Crippen LogP contribution < -0.4 is 10.5 Å². The molecule has 0 saturated heterocycles. The molecule has 1 aromatic heterocycles. The summed E-state index contributed by atoms with van der Waals surface area (Å²) in [6.07, 6.45) is 1.84. The van der Waals surface area contributed by atoms with E-state index in [-0.39, 0.29) is 17.2 Å². The lowest BCUT2D eigenvalue weighted by Gasteiger charge is -2.06. The molecule has 7 heteroatoms. The van der Waals surface area contributed by atoms with E-state index < -0.39 is 10.0 Å². The van der Waals surface area contributed by atoms with Crippen molar-refractivity contribution >= 4 is 26.9 Å². The van der Waals surface area contributed by atoms with Gasteiger partial charge in [-0.05, 0) is 42.7 Å². The summed E-state index contributed by atoms with van der Waals surface area (Å²) >= 11 is 0. The third kappa shape index (κ3) is 3.79. The van der Waals surface area contributed by atoms with Crippen molar-refractivity contribution in [3.05, 3.63) is 64.9 Å². The Morgan fingerprint density at radius 3 is 2.46 bits per heavy atom. The molecule has 26 heavy (non-hydrogen) atoms. The molecule has 0 spiro atoms. The molecule has 136 valence electrons. The average Bonchev–Trinajstić information content (AvgIpc) is 2.99. The van der Waals surface area contributed by atoms with E-state index in [0.29, 0.717) is 6.54 Å². The van der Waals surface area contributed by atoms with E-state index in [0.717, 1.165) is 33.2 Å². The number of aryl methyl sites for hydroxylation is 2. The second-order valence-corrected chi connectivity index (χ2v) is 7.85.